The number of nitrogens with one attached hydrogen (secondary N) is 8. The van der Waals surface area contributed by atoms with Gasteiger partial charge in [-0.05, 0) is 98.5 Å². The molecular formula is C58H78N13O15S2Tc. The van der Waals surface area contributed by atoms with Crippen LogP contribution in [0.25, 0.3) is 10.9 Å². The minimum atomic E-state index is -1.68. The molecule has 1 aliphatic heterocycles. The van der Waals surface area contributed by atoms with E-state index in [1.165, 1.54) is 45.2 Å². The Balaban J connectivity index is 0.00000837. The summed E-state index contributed by atoms with van der Waals surface area (Å²) < 4.78 is 8.22. The van der Waals surface area contributed by atoms with Gasteiger partial charge in [-0.3, -0.25) is 48.3 Å². The summed E-state index contributed by atoms with van der Waals surface area (Å²) in [4.78, 5) is 126. The van der Waals surface area contributed by atoms with Gasteiger partial charge in [0.25, 0.3) is 0 Å². The molecule has 1 fully saturated rings. The number of aliphatic hydroxyl groups excluding tert-OH is 3. The number of amides is 8. The number of para-hydroxylation sites is 1. The zero-order valence-electron chi connectivity index (χ0n) is 49.3. The van der Waals surface area contributed by atoms with Crippen LogP contribution in [-0.4, -0.2) is 206 Å². The Kier molecular flexibility index (Phi) is 31.9. The van der Waals surface area contributed by atoms with Crippen LogP contribution in [0.5, 0.6) is 5.75 Å². The Hall–Kier alpha value is -7.35. The fraction of sp³-hybridized carbons (Fsp3) is 0.483. The van der Waals surface area contributed by atoms with E-state index in [2.05, 4.69) is 52.2 Å². The molecule has 16 N–H and O–H groups in total. The summed E-state index contributed by atoms with van der Waals surface area (Å²) >= 11 is 6.84. The number of nitrogens with two attached hydrogens (primary N) is 2. The van der Waals surface area contributed by atoms with E-state index in [1.807, 2.05) is 18.2 Å². The van der Waals surface area contributed by atoms with Gasteiger partial charge < -0.3 is 102 Å². The fourth-order valence-corrected chi connectivity index (χ4v) is 10.3. The Labute approximate surface area is 534 Å². The summed E-state index contributed by atoms with van der Waals surface area (Å²) in [6, 6.07) is 9.03. The number of carbonyl (C=O) groups is 8. The van der Waals surface area contributed by atoms with Gasteiger partial charge in [-0.15, -0.1) is 5.75 Å². The second-order valence-corrected chi connectivity index (χ2v) is 22.4. The van der Waals surface area contributed by atoms with Crippen molar-refractivity contribution in [3.8, 4) is 5.75 Å². The van der Waals surface area contributed by atoms with Crippen LogP contribution in [0.2, 0.25) is 0 Å². The van der Waals surface area contributed by atoms with Gasteiger partial charge in [0.1, 0.15) is 48.0 Å². The fourth-order valence-electron chi connectivity index (χ4n) is 9.22. The van der Waals surface area contributed by atoms with Gasteiger partial charge in [0.15, 0.2) is 0 Å². The number of aliphatic hydroxyl groups is 3. The number of likely N-dealkylation sites (N-methyl/N-ethyl adjacent to an activating group) is 1. The molecule has 1 aliphatic rings. The van der Waals surface area contributed by atoms with Crippen LogP contribution in [0.1, 0.15) is 56.2 Å². The van der Waals surface area contributed by atoms with Gasteiger partial charge in [0.2, 0.25) is 47.3 Å². The average Bonchev–Trinajstić information content (AvgIpc) is 2.71. The van der Waals surface area contributed by atoms with Crippen LogP contribution in [-0.2, 0) is 92.6 Å². The maximum absolute atomic E-state index is 15.0. The van der Waals surface area contributed by atoms with Gasteiger partial charge in [0, 0.05) is 56.0 Å². The number of carbonyl (C=O) groups excluding carboxylic acids is 8. The number of phenolic OH excluding ortho intramolecular Hbond substituents is 1. The number of nitrogens with zero attached hydrogens (tertiary/aromatic N) is 3. The third-order valence-corrected chi connectivity index (χ3v) is 15.5. The van der Waals surface area contributed by atoms with Crippen molar-refractivity contribution in [3.63, 3.8) is 0 Å². The third kappa shape index (κ3) is 23.8. The Morgan fingerprint density at radius 1 is 0.787 bits per heavy atom. The van der Waals surface area contributed by atoms with Gasteiger partial charge >= 0.3 is 22.4 Å². The predicted molar refractivity (Wildman–Crippen MR) is 325 cm³/mol. The first-order valence-electron chi connectivity index (χ1n) is 28.4. The summed E-state index contributed by atoms with van der Waals surface area (Å²) in [5, 5.41) is 84.8. The zero-order chi connectivity index (χ0) is 65.7. The number of phenols is 1. The number of unbranched alkanes of at least 4 members (excludes halogenated alkanes) is 1. The molecule has 2 heterocycles. The number of fused-ring (bicyclic) bond motifs is 1. The number of aliphatic imine (C=N–C) groups is 2. The molecule has 3 aromatic carbocycles. The van der Waals surface area contributed by atoms with Crippen molar-refractivity contribution in [1.29, 1.82) is 0 Å². The maximum atomic E-state index is 15.0. The molecule has 0 saturated carbocycles. The van der Waals surface area contributed by atoms with E-state index in [4.69, 9.17) is 27.6 Å². The Morgan fingerprint density at radius 3 is 2.02 bits per heavy atom. The summed E-state index contributed by atoms with van der Waals surface area (Å²) in [7, 11) is 1.31. The molecular weight excluding hydrogens is 1280 g/mol. The van der Waals surface area contributed by atoms with Crippen LogP contribution in [0.3, 0.4) is 0 Å². The molecule has 8 amide bonds. The number of aromatic amines is 1. The number of aromatic hydroxyl groups is 1. The average molecular weight is 1360 g/mol. The van der Waals surface area contributed by atoms with Gasteiger partial charge in [0.05, 0.1) is 37.2 Å². The molecule has 28 nitrogen and oxygen atoms in total. The van der Waals surface area contributed by atoms with E-state index >= 15 is 4.79 Å². The topological polar surface area (TPSA) is 461 Å². The number of rotatable bonds is 27. The van der Waals surface area contributed by atoms with Crippen LogP contribution >= 0.6 is 11.8 Å². The van der Waals surface area contributed by atoms with E-state index in [0.717, 1.165) is 46.4 Å². The minimum absolute atomic E-state index is 0.00195. The molecule has 0 unspecified atom stereocenters. The molecule has 484 valence electrons. The van der Waals surface area contributed by atoms with Crippen molar-refractivity contribution in [2.75, 3.05) is 50.5 Å². The third-order valence-electron chi connectivity index (χ3n) is 14.2. The molecule has 0 radical (unpaired) electrons. The summed E-state index contributed by atoms with van der Waals surface area (Å²) in [6.45, 7) is 1.03. The molecule has 0 aliphatic carbocycles. The quantitative estimate of drug-likeness (QED) is 0.0116. The van der Waals surface area contributed by atoms with Crippen LogP contribution in [0.15, 0.2) is 95.0 Å². The van der Waals surface area contributed by atoms with Crippen LogP contribution in [0, 0.1) is 0 Å². The van der Waals surface area contributed by atoms with Crippen molar-refractivity contribution >= 4 is 94.3 Å². The molecule has 31 heteroatoms. The molecule has 0 bridgehead atoms. The first kappa shape index (κ1) is 74.1. The number of hydrogen-bond donors (Lipinski definition) is 14. The van der Waals surface area contributed by atoms with E-state index < -0.39 is 145 Å². The first-order valence-corrected chi connectivity index (χ1v) is 30.9. The number of aromatic nitrogens is 1. The monoisotopic (exact) mass is 1360 g/mol. The van der Waals surface area contributed by atoms with E-state index in [1.54, 1.807) is 42.6 Å². The zero-order valence-corrected chi connectivity index (χ0v) is 52.8. The second kappa shape index (κ2) is 38.3. The molecule has 1 aromatic heterocycles. The van der Waals surface area contributed by atoms with Gasteiger partial charge in [-0.1, -0.05) is 60.7 Å². The van der Waals surface area contributed by atoms with E-state index in [-0.39, 0.29) is 61.7 Å². The van der Waals surface area contributed by atoms with E-state index in [9.17, 15) is 64.2 Å². The van der Waals surface area contributed by atoms with Crippen LogP contribution in [0.4, 0.5) is 0 Å². The Bertz CT molecular complexity index is 3040. The summed E-state index contributed by atoms with van der Waals surface area (Å²) in [5.41, 5.74) is 14.2. The molecule has 0 spiro atoms. The van der Waals surface area contributed by atoms with Crippen molar-refractivity contribution in [1.82, 2.24) is 47.1 Å². The summed E-state index contributed by atoms with van der Waals surface area (Å²) in [5.74, 6) is -9.24. The number of benzene rings is 3. The van der Waals surface area contributed by atoms with Crippen molar-refractivity contribution < 1.29 is 91.4 Å². The molecule has 5 rings (SSSR count). The first-order chi connectivity index (χ1) is 42.5. The molecule has 4 aromatic rings. The summed E-state index contributed by atoms with van der Waals surface area (Å²) in [6.07, 6.45) is -0.824. The van der Waals surface area contributed by atoms with Crippen LogP contribution < -0.4 is 58.9 Å². The molecule has 1 saturated heterocycles. The second-order valence-electron chi connectivity index (χ2n) is 21.0. The number of H-pyrrole nitrogens is 1. The van der Waals surface area contributed by atoms with Crippen molar-refractivity contribution in [2.45, 2.75) is 125 Å². The van der Waals surface area contributed by atoms with E-state index in [0.29, 0.717) is 29.5 Å². The SMILES string of the molecule is C[C@@H](O)[C@@H]1NC(=O)[C@H](CCCCN)NC(=O)[C@@H](Cc2c[nH]c3ccccc23)NC(=O)[C@H](Cc2ccc(O)cc2)NC(=O)[C@H](CCSCC(=O)NC[C@H](N)C([O-])=NCC([O-])=N[C@@H](C[S-])C(=O)N[C@H](CO)[C@@H](C)O)N(C)C(=O)[C@H](Cc2ccccc2)NC1=O.[O]=[99Tc+3]. The van der Waals surface area contributed by atoms with Crippen molar-refractivity contribution in [3.05, 3.63) is 102 Å². The van der Waals surface area contributed by atoms with Crippen molar-refractivity contribution in [2.24, 2.45) is 21.5 Å². The Morgan fingerprint density at radius 2 is 1.38 bits per heavy atom. The molecule has 89 heavy (non-hydrogen) atoms. The van der Waals surface area contributed by atoms with Gasteiger partial charge in [-0.25, -0.2) is 0 Å². The van der Waals surface area contributed by atoms with Gasteiger partial charge in [-0.2, -0.15) is 11.8 Å². The molecule has 11 atom stereocenters. The standard InChI is InChI=1S/C58H81N13O14S2.O.Tc/c1-32(73)45(29-72)69-55(82)46(30-86)64-48(76)28-63-51(78)39(60)27-62-49(77)31-87-22-20-47-56(83)67-42(23-35-16-18-37(75)19-17-35)53(80)66-43(25-36-26-61-40-14-8-7-13-38(36)40)54(81)65-41(15-9-10-21-59)52(79)70-50(33(2)74)57(84)68-44(58(85)71(47)3)24-34-11-5-4-6-12-34;;/h4-8,11-14,16-19,26,32-33,39,41-47,50,61,72-75,86H,9-10,15,20-25,27-31,59-60H2,1-3H3,(H,62,77)(H,63,78)(H,64,76)(H,65,81)(H,66,80)(H,67,83)(H,68,84)(H,69,82)(H,70,79);;/q;;+3/p-3/t32-,33-,39+,41+,42+,43-,44+,45-,46+,47+,50+;;/m1../s1/i;;1+1. The number of hydrogen-bond acceptors (Lipinski definition) is 21. The number of thioether (sulfide) groups is 1. The normalized spacial score (nSPS) is 21.0. The predicted octanol–water partition coefficient (Wildman–Crippen LogP) is -4.59.